The maximum atomic E-state index is 8.51. The summed E-state index contributed by atoms with van der Waals surface area (Å²) in [6.07, 6.45) is 1.93. The van der Waals surface area contributed by atoms with Gasteiger partial charge in [-0.2, -0.15) is 5.26 Å². The molecular formula is C14H14BrN5. The van der Waals surface area contributed by atoms with Crippen molar-refractivity contribution in [1.29, 1.82) is 5.26 Å². The Morgan fingerprint density at radius 2 is 2.05 bits per heavy atom. The average molecular weight is 332 g/mol. The van der Waals surface area contributed by atoms with Gasteiger partial charge in [0.05, 0.1) is 12.5 Å². The molecule has 2 N–H and O–H groups in total. The highest BCUT2D eigenvalue weighted by atomic mass is 79.9. The number of rotatable bonds is 5. The molecule has 0 aliphatic carbocycles. The van der Waals surface area contributed by atoms with Crippen LogP contribution in [0.3, 0.4) is 0 Å². The third kappa shape index (κ3) is 3.93. The molecule has 0 spiro atoms. The van der Waals surface area contributed by atoms with E-state index in [9.17, 15) is 0 Å². The molecule has 0 aliphatic heterocycles. The van der Waals surface area contributed by atoms with Gasteiger partial charge in [-0.05, 0) is 24.6 Å². The number of nitrogens with one attached hydrogen (secondary N) is 2. The minimum atomic E-state index is 0.442. The third-order valence-corrected chi connectivity index (χ3v) is 3.17. The van der Waals surface area contributed by atoms with E-state index in [-0.39, 0.29) is 0 Å². The van der Waals surface area contributed by atoms with Crippen LogP contribution < -0.4 is 10.6 Å². The van der Waals surface area contributed by atoms with Gasteiger partial charge in [0.1, 0.15) is 18.0 Å². The second-order valence-corrected chi connectivity index (χ2v) is 5.12. The van der Waals surface area contributed by atoms with Gasteiger partial charge < -0.3 is 10.6 Å². The van der Waals surface area contributed by atoms with Crippen LogP contribution in [0.1, 0.15) is 12.0 Å². The first kappa shape index (κ1) is 14.3. The van der Waals surface area contributed by atoms with Gasteiger partial charge in [-0.3, -0.25) is 0 Å². The molecule has 1 aromatic heterocycles. The molecule has 6 heteroatoms. The molecule has 1 heterocycles. The molecule has 2 rings (SSSR count). The second kappa shape index (κ2) is 6.87. The summed E-state index contributed by atoms with van der Waals surface area (Å²) in [5.74, 6) is 1.41. The molecule has 0 bridgehead atoms. The fourth-order valence-corrected chi connectivity index (χ4v) is 2.00. The van der Waals surface area contributed by atoms with Gasteiger partial charge in [-0.1, -0.05) is 22.0 Å². The Hall–Kier alpha value is -2.13. The normalized spacial score (nSPS) is 9.85. The van der Waals surface area contributed by atoms with Crippen molar-refractivity contribution in [2.24, 2.45) is 0 Å². The first-order valence-electron chi connectivity index (χ1n) is 6.15. The molecule has 0 saturated carbocycles. The Balaban J connectivity index is 2.11. The van der Waals surface area contributed by atoms with Gasteiger partial charge in [0, 0.05) is 22.8 Å². The van der Waals surface area contributed by atoms with Crippen LogP contribution in [0.4, 0.5) is 17.3 Å². The predicted octanol–water partition coefficient (Wildman–Crippen LogP) is 3.62. The van der Waals surface area contributed by atoms with Crippen molar-refractivity contribution >= 4 is 33.3 Å². The lowest BCUT2D eigenvalue weighted by Gasteiger charge is -2.10. The van der Waals surface area contributed by atoms with Gasteiger partial charge in [0.15, 0.2) is 0 Å². The number of aryl methyl sites for hydroxylation is 1. The fraction of sp³-hybridized carbons (Fsp3) is 0.214. The highest BCUT2D eigenvalue weighted by molar-refractivity contribution is 9.10. The summed E-state index contributed by atoms with van der Waals surface area (Å²) >= 11 is 3.45. The van der Waals surface area contributed by atoms with E-state index in [0.717, 1.165) is 15.7 Å². The van der Waals surface area contributed by atoms with E-state index < -0.39 is 0 Å². The number of hydrogen-bond acceptors (Lipinski definition) is 5. The lowest BCUT2D eigenvalue weighted by atomic mass is 10.2. The van der Waals surface area contributed by atoms with E-state index in [1.165, 1.54) is 6.33 Å². The van der Waals surface area contributed by atoms with Gasteiger partial charge in [-0.25, -0.2) is 9.97 Å². The molecule has 0 unspecified atom stereocenters. The van der Waals surface area contributed by atoms with Crippen LogP contribution in [0, 0.1) is 18.3 Å². The first-order valence-corrected chi connectivity index (χ1v) is 6.94. The smallest absolute Gasteiger partial charge is 0.135 e. The van der Waals surface area contributed by atoms with E-state index in [1.54, 1.807) is 0 Å². The van der Waals surface area contributed by atoms with Crippen molar-refractivity contribution < 1.29 is 0 Å². The van der Waals surface area contributed by atoms with E-state index in [0.29, 0.717) is 24.6 Å². The maximum Gasteiger partial charge on any atom is 0.135 e. The fourth-order valence-electron chi connectivity index (χ4n) is 1.64. The van der Waals surface area contributed by atoms with Gasteiger partial charge in [0.25, 0.3) is 0 Å². The van der Waals surface area contributed by atoms with Crippen molar-refractivity contribution in [3.05, 3.63) is 40.6 Å². The topological polar surface area (TPSA) is 73.6 Å². The number of halogens is 1. The largest absolute Gasteiger partial charge is 0.369 e. The lowest BCUT2D eigenvalue weighted by Crippen LogP contribution is -2.04. The standard InChI is InChI=1S/C14H14BrN5/c1-10-3-4-11(15)7-12(10)20-14-8-13(18-9-19-14)17-6-2-5-16/h3-4,7-9H,2,6H2,1H3,(H2,17,18,19,20). The van der Waals surface area contributed by atoms with Gasteiger partial charge >= 0.3 is 0 Å². The van der Waals surface area contributed by atoms with Crippen molar-refractivity contribution in [2.75, 3.05) is 17.2 Å². The molecule has 0 fully saturated rings. The zero-order valence-electron chi connectivity index (χ0n) is 11.0. The Bertz CT molecular complexity index is 636. The number of nitriles is 1. The molecule has 0 aliphatic rings. The summed E-state index contributed by atoms with van der Waals surface area (Å²) in [6.45, 7) is 2.60. The molecule has 20 heavy (non-hydrogen) atoms. The molecule has 2 aromatic rings. The number of benzene rings is 1. The SMILES string of the molecule is Cc1ccc(Br)cc1Nc1cc(NCCC#N)ncn1. The lowest BCUT2D eigenvalue weighted by molar-refractivity contribution is 1.04. The molecule has 0 atom stereocenters. The third-order valence-electron chi connectivity index (χ3n) is 2.67. The maximum absolute atomic E-state index is 8.51. The van der Waals surface area contributed by atoms with Gasteiger partial charge in [-0.15, -0.1) is 0 Å². The molecule has 0 amide bonds. The number of nitrogens with zero attached hydrogens (tertiary/aromatic N) is 3. The summed E-state index contributed by atoms with van der Waals surface area (Å²) in [6, 6.07) is 9.92. The Kier molecular flexibility index (Phi) is 4.91. The van der Waals surface area contributed by atoms with Crippen LogP contribution in [0.5, 0.6) is 0 Å². The van der Waals surface area contributed by atoms with E-state index in [2.05, 4.69) is 42.6 Å². The van der Waals surface area contributed by atoms with Crippen LogP contribution in [0.15, 0.2) is 35.1 Å². The number of anilines is 3. The summed E-state index contributed by atoms with van der Waals surface area (Å²) in [4.78, 5) is 8.30. The van der Waals surface area contributed by atoms with Crippen LogP contribution in [-0.4, -0.2) is 16.5 Å². The van der Waals surface area contributed by atoms with Crippen molar-refractivity contribution in [2.45, 2.75) is 13.3 Å². The summed E-state index contributed by atoms with van der Waals surface area (Å²) in [5.41, 5.74) is 2.12. The second-order valence-electron chi connectivity index (χ2n) is 4.21. The molecule has 1 aromatic carbocycles. The van der Waals surface area contributed by atoms with E-state index in [1.807, 2.05) is 31.2 Å². The minimum Gasteiger partial charge on any atom is -0.369 e. The quantitative estimate of drug-likeness (QED) is 0.818. The zero-order chi connectivity index (χ0) is 14.4. The average Bonchev–Trinajstić information content (AvgIpc) is 2.44. The molecule has 102 valence electrons. The molecular weight excluding hydrogens is 318 g/mol. The van der Waals surface area contributed by atoms with Crippen LogP contribution in [-0.2, 0) is 0 Å². The van der Waals surface area contributed by atoms with Crippen molar-refractivity contribution in [3.63, 3.8) is 0 Å². The predicted molar refractivity (Wildman–Crippen MR) is 82.9 cm³/mol. The zero-order valence-corrected chi connectivity index (χ0v) is 12.6. The highest BCUT2D eigenvalue weighted by Gasteiger charge is 2.02. The highest BCUT2D eigenvalue weighted by Crippen LogP contribution is 2.24. The molecule has 5 nitrogen and oxygen atoms in total. The van der Waals surface area contributed by atoms with E-state index >= 15 is 0 Å². The molecule has 0 radical (unpaired) electrons. The Morgan fingerprint density at radius 3 is 2.85 bits per heavy atom. The monoisotopic (exact) mass is 331 g/mol. The van der Waals surface area contributed by atoms with Crippen LogP contribution >= 0.6 is 15.9 Å². The Morgan fingerprint density at radius 1 is 1.25 bits per heavy atom. The summed E-state index contributed by atoms with van der Waals surface area (Å²) < 4.78 is 1.01. The molecule has 0 saturated heterocycles. The minimum absolute atomic E-state index is 0.442. The van der Waals surface area contributed by atoms with Crippen LogP contribution in [0.2, 0.25) is 0 Å². The summed E-state index contributed by atoms with van der Waals surface area (Å²) in [5, 5.41) is 14.8. The van der Waals surface area contributed by atoms with Crippen molar-refractivity contribution in [1.82, 2.24) is 9.97 Å². The number of hydrogen-bond donors (Lipinski definition) is 2. The number of aromatic nitrogens is 2. The van der Waals surface area contributed by atoms with E-state index in [4.69, 9.17) is 5.26 Å². The van der Waals surface area contributed by atoms with Crippen LogP contribution in [0.25, 0.3) is 0 Å². The Labute approximate surface area is 126 Å². The van der Waals surface area contributed by atoms with Crippen molar-refractivity contribution in [3.8, 4) is 6.07 Å². The van der Waals surface area contributed by atoms with Gasteiger partial charge in [0.2, 0.25) is 0 Å². The summed E-state index contributed by atoms with van der Waals surface area (Å²) in [7, 11) is 0. The first-order chi connectivity index (χ1) is 9.69.